The van der Waals surface area contributed by atoms with Crippen molar-refractivity contribution in [3.8, 4) is 11.5 Å². The zero-order valence-corrected chi connectivity index (χ0v) is 10.9. The van der Waals surface area contributed by atoms with Crippen LogP contribution in [0.1, 0.15) is 16.1 Å². The second kappa shape index (κ2) is 6.29. The van der Waals surface area contributed by atoms with E-state index in [9.17, 15) is 9.90 Å². The van der Waals surface area contributed by atoms with Gasteiger partial charge in [-0.05, 0) is 30.4 Å². The normalized spacial score (nSPS) is 11.2. The van der Waals surface area contributed by atoms with Crippen molar-refractivity contribution in [2.75, 3.05) is 5.73 Å². The Hall–Kier alpha value is -3.22. The number of nitrogen functional groups attached to an aromatic ring is 1. The molecule has 0 aliphatic heterocycles. The number of aromatic hydroxyl groups is 2. The molecular weight excluding hydrogens is 274 g/mol. The summed E-state index contributed by atoms with van der Waals surface area (Å²) < 4.78 is 5.09. The summed E-state index contributed by atoms with van der Waals surface area (Å²) in [5.74, 6) is -0.193. The standard InChI is InChI=1S/C14H13N3O4/c15-13-6-4-10(21-13)2-1-7-16-17-14(20)11-5-3-9(18)8-12(11)19/h1-8,18-19H,15H2,(H,17,20). The molecule has 21 heavy (non-hydrogen) atoms. The molecule has 5 N–H and O–H groups in total. The molecule has 2 rings (SSSR count). The van der Waals surface area contributed by atoms with Gasteiger partial charge >= 0.3 is 0 Å². The fourth-order valence-corrected chi connectivity index (χ4v) is 1.51. The van der Waals surface area contributed by atoms with Crippen molar-refractivity contribution >= 4 is 24.1 Å². The fraction of sp³-hybridized carbons (Fsp3) is 0. The van der Waals surface area contributed by atoms with Gasteiger partial charge in [0.2, 0.25) is 0 Å². The number of furan rings is 1. The number of carbonyl (C=O) groups is 1. The van der Waals surface area contributed by atoms with Crippen LogP contribution in [-0.4, -0.2) is 22.3 Å². The lowest BCUT2D eigenvalue weighted by Crippen LogP contribution is -2.17. The topological polar surface area (TPSA) is 121 Å². The molecule has 1 aromatic carbocycles. The third kappa shape index (κ3) is 3.87. The minimum Gasteiger partial charge on any atom is -0.508 e. The average Bonchev–Trinajstić information content (AvgIpc) is 2.84. The number of benzene rings is 1. The van der Waals surface area contributed by atoms with Gasteiger partial charge in [-0.25, -0.2) is 5.43 Å². The van der Waals surface area contributed by atoms with Crippen LogP contribution in [0.15, 0.2) is 45.9 Å². The first-order chi connectivity index (χ1) is 10.1. The molecule has 0 atom stereocenters. The Kier molecular flexibility index (Phi) is 4.25. The number of amides is 1. The molecule has 108 valence electrons. The van der Waals surface area contributed by atoms with E-state index >= 15 is 0 Å². The van der Waals surface area contributed by atoms with Crippen molar-refractivity contribution in [3.63, 3.8) is 0 Å². The lowest BCUT2D eigenvalue weighted by atomic mass is 10.2. The van der Waals surface area contributed by atoms with Gasteiger partial charge in [-0.3, -0.25) is 4.79 Å². The Morgan fingerprint density at radius 1 is 1.29 bits per heavy atom. The number of nitrogens with one attached hydrogen (secondary N) is 1. The summed E-state index contributed by atoms with van der Waals surface area (Å²) >= 11 is 0. The number of anilines is 1. The first-order valence-corrected chi connectivity index (χ1v) is 5.93. The number of hydrazone groups is 1. The lowest BCUT2D eigenvalue weighted by molar-refractivity contribution is 0.0952. The number of phenolic OH excluding ortho intramolecular Hbond substituents is 2. The SMILES string of the molecule is Nc1ccc(C=CC=NNC(=O)c2ccc(O)cc2O)o1. The van der Waals surface area contributed by atoms with E-state index < -0.39 is 5.91 Å². The lowest BCUT2D eigenvalue weighted by Gasteiger charge is -2.02. The van der Waals surface area contributed by atoms with Gasteiger partial charge in [-0.15, -0.1) is 0 Å². The highest BCUT2D eigenvalue weighted by atomic mass is 16.3. The van der Waals surface area contributed by atoms with E-state index in [0.717, 1.165) is 6.07 Å². The van der Waals surface area contributed by atoms with Crippen LogP contribution in [0.5, 0.6) is 11.5 Å². The minimum atomic E-state index is -0.598. The van der Waals surface area contributed by atoms with Gasteiger partial charge in [-0.2, -0.15) is 5.10 Å². The second-order valence-electron chi connectivity index (χ2n) is 4.02. The van der Waals surface area contributed by atoms with Crippen LogP contribution in [0.3, 0.4) is 0 Å². The molecule has 0 saturated carbocycles. The van der Waals surface area contributed by atoms with E-state index in [2.05, 4.69) is 10.5 Å². The van der Waals surface area contributed by atoms with E-state index in [4.69, 9.17) is 15.3 Å². The van der Waals surface area contributed by atoms with Crippen LogP contribution in [0, 0.1) is 0 Å². The summed E-state index contributed by atoms with van der Waals surface area (Å²) in [6, 6.07) is 6.95. The second-order valence-corrected chi connectivity index (χ2v) is 4.02. The van der Waals surface area contributed by atoms with E-state index in [0.29, 0.717) is 11.6 Å². The van der Waals surface area contributed by atoms with Gasteiger partial charge < -0.3 is 20.4 Å². The predicted octanol–water partition coefficient (Wildman–Crippen LogP) is 1.70. The Bertz CT molecular complexity index is 704. The maximum Gasteiger partial charge on any atom is 0.275 e. The number of hydrogen-bond acceptors (Lipinski definition) is 6. The van der Waals surface area contributed by atoms with Gasteiger partial charge in [0.25, 0.3) is 5.91 Å². The van der Waals surface area contributed by atoms with Crippen molar-refractivity contribution in [1.82, 2.24) is 5.43 Å². The quantitative estimate of drug-likeness (QED) is 0.503. The van der Waals surface area contributed by atoms with Gasteiger partial charge in [0, 0.05) is 18.3 Å². The third-order valence-corrected chi connectivity index (χ3v) is 2.46. The van der Waals surface area contributed by atoms with Gasteiger partial charge in [0.05, 0.1) is 5.56 Å². The van der Waals surface area contributed by atoms with E-state index in [1.807, 2.05) is 0 Å². The zero-order chi connectivity index (χ0) is 15.2. The predicted molar refractivity (Wildman–Crippen MR) is 77.9 cm³/mol. The summed E-state index contributed by atoms with van der Waals surface area (Å²) in [5.41, 5.74) is 7.65. The summed E-state index contributed by atoms with van der Waals surface area (Å²) in [6.07, 6.45) is 4.51. The van der Waals surface area contributed by atoms with Crippen molar-refractivity contribution in [2.45, 2.75) is 0 Å². The Morgan fingerprint density at radius 3 is 2.76 bits per heavy atom. The molecule has 0 aliphatic carbocycles. The molecule has 0 unspecified atom stereocenters. The molecule has 0 saturated heterocycles. The van der Waals surface area contributed by atoms with Crippen LogP contribution < -0.4 is 11.2 Å². The Balaban J connectivity index is 1.91. The molecule has 0 fully saturated rings. The van der Waals surface area contributed by atoms with Crippen molar-refractivity contribution in [3.05, 3.63) is 47.7 Å². The van der Waals surface area contributed by atoms with Crippen LogP contribution >= 0.6 is 0 Å². The molecule has 0 aliphatic rings. The number of hydrogen-bond donors (Lipinski definition) is 4. The number of phenols is 2. The van der Waals surface area contributed by atoms with Gasteiger partial charge in [0.15, 0.2) is 5.88 Å². The Morgan fingerprint density at radius 2 is 2.10 bits per heavy atom. The average molecular weight is 287 g/mol. The molecule has 1 amide bonds. The van der Waals surface area contributed by atoms with E-state index in [1.165, 1.54) is 18.3 Å². The number of nitrogens with zero attached hydrogens (tertiary/aromatic N) is 1. The molecule has 1 heterocycles. The summed E-state index contributed by atoms with van der Waals surface area (Å²) in [7, 11) is 0. The molecule has 2 aromatic rings. The fourth-order valence-electron chi connectivity index (χ4n) is 1.51. The summed E-state index contributed by atoms with van der Waals surface area (Å²) in [5, 5.41) is 22.3. The van der Waals surface area contributed by atoms with Crippen molar-refractivity contribution in [1.29, 1.82) is 0 Å². The third-order valence-electron chi connectivity index (χ3n) is 2.46. The number of carbonyl (C=O) groups excluding carboxylic acids is 1. The van der Waals surface area contributed by atoms with Crippen molar-refractivity contribution < 1.29 is 19.4 Å². The molecule has 7 nitrogen and oxygen atoms in total. The number of allylic oxidation sites excluding steroid dienone is 1. The first-order valence-electron chi connectivity index (χ1n) is 5.93. The van der Waals surface area contributed by atoms with Crippen LogP contribution in [0.4, 0.5) is 5.88 Å². The maximum absolute atomic E-state index is 11.7. The molecule has 7 heteroatoms. The maximum atomic E-state index is 11.7. The van der Waals surface area contributed by atoms with Crippen molar-refractivity contribution in [2.24, 2.45) is 5.10 Å². The first kappa shape index (κ1) is 14.2. The molecular formula is C14H13N3O4. The number of nitrogens with two attached hydrogens (primary N) is 1. The highest BCUT2D eigenvalue weighted by Gasteiger charge is 2.10. The largest absolute Gasteiger partial charge is 0.508 e. The van der Waals surface area contributed by atoms with Crippen LogP contribution in [-0.2, 0) is 0 Å². The molecule has 1 aromatic heterocycles. The molecule has 0 bridgehead atoms. The molecule has 0 spiro atoms. The summed E-state index contributed by atoms with van der Waals surface area (Å²) in [6.45, 7) is 0. The minimum absolute atomic E-state index is 0.00716. The monoisotopic (exact) mass is 287 g/mol. The van der Waals surface area contributed by atoms with E-state index in [-0.39, 0.29) is 17.1 Å². The van der Waals surface area contributed by atoms with E-state index in [1.54, 1.807) is 24.3 Å². The zero-order valence-electron chi connectivity index (χ0n) is 10.9. The van der Waals surface area contributed by atoms with Gasteiger partial charge in [0.1, 0.15) is 17.3 Å². The highest BCUT2D eigenvalue weighted by molar-refractivity contribution is 5.97. The molecule has 0 radical (unpaired) electrons. The Labute approximate surface area is 120 Å². The number of rotatable bonds is 4. The highest BCUT2D eigenvalue weighted by Crippen LogP contribution is 2.22. The van der Waals surface area contributed by atoms with Crippen LogP contribution in [0.2, 0.25) is 0 Å². The summed E-state index contributed by atoms with van der Waals surface area (Å²) in [4.78, 5) is 11.7. The smallest absolute Gasteiger partial charge is 0.275 e. The van der Waals surface area contributed by atoms with Crippen LogP contribution in [0.25, 0.3) is 6.08 Å². The van der Waals surface area contributed by atoms with Gasteiger partial charge in [-0.1, -0.05) is 0 Å².